The van der Waals surface area contributed by atoms with Crippen molar-refractivity contribution in [3.63, 3.8) is 0 Å². The molecule has 3 aliphatic carbocycles. The molecule has 0 atom stereocenters. The smallest absolute Gasteiger partial charge is 0.00472 e. The predicted molar refractivity (Wildman–Crippen MR) is 82.3 cm³/mol. The Morgan fingerprint density at radius 1 is 1.11 bits per heavy atom. The summed E-state index contributed by atoms with van der Waals surface area (Å²) in [4.78, 5) is 0. The summed E-state index contributed by atoms with van der Waals surface area (Å²) in [5, 5.41) is 3.74. The third kappa shape index (κ3) is 2.63. The molecule has 1 heteroatoms. The van der Waals surface area contributed by atoms with Crippen LogP contribution in [0.25, 0.3) is 0 Å². The zero-order valence-corrected chi connectivity index (χ0v) is 12.8. The minimum absolute atomic E-state index is 0.569. The highest BCUT2D eigenvalue weighted by Crippen LogP contribution is 2.65. The van der Waals surface area contributed by atoms with E-state index in [9.17, 15) is 0 Å². The molecule has 0 aromatic rings. The second-order valence-corrected chi connectivity index (χ2v) is 7.49. The van der Waals surface area contributed by atoms with Crippen molar-refractivity contribution < 1.29 is 0 Å². The SMILES string of the molecule is CCCNCC1(C2=CCCCC2)CC2(CCCC2)C1. The fourth-order valence-electron chi connectivity index (χ4n) is 5.15. The van der Waals surface area contributed by atoms with Gasteiger partial charge in [-0.05, 0) is 69.7 Å². The van der Waals surface area contributed by atoms with Crippen molar-refractivity contribution in [2.75, 3.05) is 13.1 Å². The molecule has 0 amide bonds. The molecule has 1 nitrogen and oxygen atoms in total. The Bertz CT molecular complexity index is 328. The predicted octanol–water partition coefficient (Wildman–Crippen LogP) is 4.83. The van der Waals surface area contributed by atoms with E-state index < -0.39 is 0 Å². The van der Waals surface area contributed by atoms with Crippen molar-refractivity contribution in [1.29, 1.82) is 0 Å². The fourth-order valence-corrected chi connectivity index (χ4v) is 5.15. The van der Waals surface area contributed by atoms with Crippen LogP contribution < -0.4 is 5.32 Å². The summed E-state index contributed by atoms with van der Waals surface area (Å²) in [6.45, 7) is 4.73. The van der Waals surface area contributed by atoms with Gasteiger partial charge in [-0.2, -0.15) is 0 Å². The summed E-state index contributed by atoms with van der Waals surface area (Å²) in [6.07, 6.45) is 18.5. The number of hydrogen-bond acceptors (Lipinski definition) is 1. The molecule has 3 rings (SSSR count). The molecule has 0 aromatic carbocycles. The fraction of sp³-hybridized carbons (Fsp3) is 0.889. The molecule has 1 N–H and O–H groups in total. The summed E-state index contributed by atoms with van der Waals surface area (Å²) >= 11 is 0. The van der Waals surface area contributed by atoms with E-state index in [1.54, 1.807) is 0 Å². The highest BCUT2D eigenvalue weighted by Gasteiger charge is 2.55. The Morgan fingerprint density at radius 2 is 1.89 bits per heavy atom. The molecule has 0 unspecified atom stereocenters. The van der Waals surface area contributed by atoms with Gasteiger partial charge in [0.15, 0.2) is 0 Å². The lowest BCUT2D eigenvalue weighted by atomic mass is 9.48. The van der Waals surface area contributed by atoms with E-state index in [-0.39, 0.29) is 0 Å². The largest absolute Gasteiger partial charge is 0.316 e. The zero-order chi connectivity index (χ0) is 13.2. The van der Waals surface area contributed by atoms with Gasteiger partial charge in [-0.1, -0.05) is 31.4 Å². The van der Waals surface area contributed by atoms with Gasteiger partial charge in [0, 0.05) is 12.0 Å². The molecule has 2 fully saturated rings. The van der Waals surface area contributed by atoms with Crippen molar-refractivity contribution in [3.05, 3.63) is 11.6 Å². The molecule has 1 spiro atoms. The van der Waals surface area contributed by atoms with E-state index in [0.29, 0.717) is 5.41 Å². The second kappa shape index (κ2) is 5.60. The van der Waals surface area contributed by atoms with Gasteiger partial charge in [0.05, 0.1) is 0 Å². The number of rotatable bonds is 5. The maximum Gasteiger partial charge on any atom is 0.00472 e. The molecule has 19 heavy (non-hydrogen) atoms. The van der Waals surface area contributed by atoms with Crippen LogP contribution in [0.4, 0.5) is 0 Å². The van der Waals surface area contributed by atoms with E-state index in [0.717, 1.165) is 5.41 Å². The first-order valence-electron chi connectivity index (χ1n) is 8.69. The monoisotopic (exact) mass is 261 g/mol. The van der Waals surface area contributed by atoms with Crippen molar-refractivity contribution in [3.8, 4) is 0 Å². The molecule has 0 bridgehead atoms. The molecule has 0 aromatic heterocycles. The molecule has 0 radical (unpaired) electrons. The van der Waals surface area contributed by atoms with Crippen LogP contribution >= 0.6 is 0 Å². The zero-order valence-electron chi connectivity index (χ0n) is 12.8. The number of nitrogens with one attached hydrogen (secondary N) is 1. The minimum atomic E-state index is 0.569. The lowest BCUT2D eigenvalue weighted by molar-refractivity contribution is -0.00978. The van der Waals surface area contributed by atoms with Gasteiger partial charge >= 0.3 is 0 Å². The number of allylic oxidation sites excluding steroid dienone is 1. The van der Waals surface area contributed by atoms with Crippen LogP contribution in [0.3, 0.4) is 0 Å². The van der Waals surface area contributed by atoms with Gasteiger partial charge in [0.25, 0.3) is 0 Å². The van der Waals surface area contributed by atoms with Crippen molar-refractivity contribution in [1.82, 2.24) is 5.32 Å². The Balaban J connectivity index is 1.68. The maximum atomic E-state index is 3.74. The summed E-state index contributed by atoms with van der Waals surface area (Å²) in [5.74, 6) is 0. The van der Waals surface area contributed by atoms with E-state index in [1.165, 1.54) is 83.7 Å². The molecular formula is C18H31N. The van der Waals surface area contributed by atoms with Crippen molar-refractivity contribution >= 4 is 0 Å². The minimum Gasteiger partial charge on any atom is -0.316 e. The van der Waals surface area contributed by atoms with E-state index >= 15 is 0 Å². The van der Waals surface area contributed by atoms with Gasteiger partial charge in [-0.3, -0.25) is 0 Å². The molecule has 3 aliphatic rings. The summed E-state index contributed by atoms with van der Waals surface area (Å²) in [7, 11) is 0. The molecule has 0 heterocycles. The summed E-state index contributed by atoms with van der Waals surface area (Å²) in [5.41, 5.74) is 3.17. The lowest BCUT2D eigenvalue weighted by Crippen LogP contribution is -2.52. The normalized spacial score (nSPS) is 28.2. The summed E-state index contributed by atoms with van der Waals surface area (Å²) in [6, 6.07) is 0. The van der Waals surface area contributed by atoms with E-state index in [2.05, 4.69) is 18.3 Å². The highest BCUT2D eigenvalue weighted by molar-refractivity contribution is 5.25. The van der Waals surface area contributed by atoms with Crippen molar-refractivity contribution in [2.45, 2.75) is 77.6 Å². The Kier molecular flexibility index (Phi) is 4.03. The van der Waals surface area contributed by atoms with Crippen LogP contribution in [0.15, 0.2) is 11.6 Å². The van der Waals surface area contributed by atoms with Crippen LogP contribution in [0.2, 0.25) is 0 Å². The first-order valence-corrected chi connectivity index (χ1v) is 8.69. The molecule has 0 saturated heterocycles. The van der Waals surface area contributed by atoms with Gasteiger partial charge in [0.1, 0.15) is 0 Å². The molecular weight excluding hydrogens is 230 g/mol. The second-order valence-electron chi connectivity index (χ2n) is 7.49. The van der Waals surface area contributed by atoms with Gasteiger partial charge in [-0.25, -0.2) is 0 Å². The van der Waals surface area contributed by atoms with E-state index in [1.807, 2.05) is 5.57 Å². The van der Waals surface area contributed by atoms with Gasteiger partial charge < -0.3 is 5.32 Å². The van der Waals surface area contributed by atoms with Crippen LogP contribution in [0.5, 0.6) is 0 Å². The highest BCUT2D eigenvalue weighted by atomic mass is 14.9. The molecule has 0 aliphatic heterocycles. The molecule has 2 saturated carbocycles. The standard InChI is InChI=1S/C18H31N/c1-2-12-19-15-18(16-8-4-3-5-9-16)13-17(14-18)10-6-7-11-17/h8,19H,2-7,9-15H2,1H3. The van der Waals surface area contributed by atoms with Crippen LogP contribution in [0.1, 0.15) is 77.6 Å². The third-order valence-electron chi connectivity index (χ3n) is 5.95. The topological polar surface area (TPSA) is 12.0 Å². The maximum absolute atomic E-state index is 3.74. The Morgan fingerprint density at radius 3 is 2.53 bits per heavy atom. The third-order valence-corrected chi connectivity index (χ3v) is 5.95. The average Bonchev–Trinajstić information content (AvgIpc) is 2.88. The van der Waals surface area contributed by atoms with Crippen molar-refractivity contribution in [2.24, 2.45) is 10.8 Å². The van der Waals surface area contributed by atoms with Gasteiger partial charge in [0.2, 0.25) is 0 Å². The van der Waals surface area contributed by atoms with E-state index in [4.69, 9.17) is 0 Å². The Hall–Kier alpha value is -0.300. The molecule has 108 valence electrons. The quantitative estimate of drug-likeness (QED) is 0.552. The average molecular weight is 261 g/mol. The number of hydrogen-bond donors (Lipinski definition) is 1. The lowest BCUT2D eigenvalue weighted by Gasteiger charge is -2.57. The first-order chi connectivity index (χ1) is 9.29. The van der Waals surface area contributed by atoms with Crippen LogP contribution in [-0.2, 0) is 0 Å². The first kappa shape index (κ1) is 13.7. The van der Waals surface area contributed by atoms with Gasteiger partial charge in [-0.15, -0.1) is 0 Å². The van der Waals surface area contributed by atoms with Crippen LogP contribution in [0, 0.1) is 10.8 Å². The summed E-state index contributed by atoms with van der Waals surface area (Å²) < 4.78 is 0. The Labute approximate surface area is 119 Å². The van der Waals surface area contributed by atoms with Crippen LogP contribution in [-0.4, -0.2) is 13.1 Å².